The number of hydrogen-bond donors (Lipinski definition) is 0. The van der Waals surface area contributed by atoms with Crippen molar-refractivity contribution in [2.45, 2.75) is 13.3 Å². The summed E-state index contributed by atoms with van der Waals surface area (Å²) >= 11 is 11.4. The number of aromatic nitrogens is 1. The van der Waals surface area contributed by atoms with Crippen LogP contribution in [0.1, 0.15) is 23.7 Å². The van der Waals surface area contributed by atoms with E-state index in [1.807, 2.05) is 6.92 Å². The lowest BCUT2D eigenvalue weighted by Crippen LogP contribution is -2.27. The molecule has 0 saturated carbocycles. The van der Waals surface area contributed by atoms with Gasteiger partial charge in [-0.05, 0) is 18.6 Å². The molecule has 0 aromatic carbocycles. The summed E-state index contributed by atoms with van der Waals surface area (Å²) in [5.74, 6) is -0.0944. The zero-order valence-electron chi connectivity index (χ0n) is 8.63. The highest BCUT2D eigenvalue weighted by Gasteiger charge is 2.12. The summed E-state index contributed by atoms with van der Waals surface area (Å²) in [4.78, 5) is 17.2. The molecule has 0 fully saturated rings. The van der Waals surface area contributed by atoms with Crippen molar-refractivity contribution in [3.8, 4) is 0 Å². The summed E-state index contributed by atoms with van der Waals surface area (Å²) in [7, 11) is 1.74. The molecule has 1 aromatic rings. The van der Waals surface area contributed by atoms with Gasteiger partial charge in [0.2, 0.25) is 0 Å². The van der Waals surface area contributed by atoms with Crippen LogP contribution in [0.15, 0.2) is 12.1 Å². The second kappa shape index (κ2) is 5.33. The minimum Gasteiger partial charge on any atom is -0.342 e. The van der Waals surface area contributed by atoms with E-state index in [1.54, 1.807) is 11.9 Å². The maximum Gasteiger partial charge on any atom is 0.253 e. The number of halogens is 2. The molecule has 1 heterocycles. The molecule has 0 unspecified atom stereocenters. The van der Waals surface area contributed by atoms with Gasteiger partial charge in [0.1, 0.15) is 10.3 Å². The average molecular weight is 247 g/mol. The summed E-state index contributed by atoms with van der Waals surface area (Å²) < 4.78 is 0. The highest BCUT2D eigenvalue weighted by Crippen LogP contribution is 2.15. The van der Waals surface area contributed by atoms with Gasteiger partial charge >= 0.3 is 0 Å². The molecular weight excluding hydrogens is 235 g/mol. The third-order valence-corrected chi connectivity index (χ3v) is 2.30. The number of hydrogen-bond acceptors (Lipinski definition) is 2. The molecule has 0 aliphatic carbocycles. The minimum absolute atomic E-state index is 0.0944. The van der Waals surface area contributed by atoms with Crippen molar-refractivity contribution in [2.24, 2.45) is 0 Å². The zero-order valence-corrected chi connectivity index (χ0v) is 10.1. The van der Waals surface area contributed by atoms with E-state index in [4.69, 9.17) is 23.2 Å². The van der Waals surface area contributed by atoms with E-state index in [9.17, 15) is 4.79 Å². The van der Waals surface area contributed by atoms with Crippen molar-refractivity contribution in [1.29, 1.82) is 0 Å². The fourth-order valence-corrected chi connectivity index (χ4v) is 1.71. The Morgan fingerprint density at radius 2 is 1.93 bits per heavy atom. The van der Waals surface area contributed by atoms with Gasteiger partial charge in [0.05, 0.1) is 0 Å². The Kier molecular flexibility index (Phi) is 4.36. The molecule has 0 radical (unpaired) electrons. The summed E-state index contributed by atoms with van der Waals surface area (Å²) in [6, 6.07) is 3.03. The van der Waals surface area contributed by atoms with Crippen molar-refractivity contribution >= 4 is 29.1 Å². The first-order chi connectivity index (χ1) is 7.04. The first-order valence-electron chi connectivity index (χ1n) is 4.63. The monoisotopic (exact) mass is 246 g/mol. The fourth-order valence-electron chi connectivity index (χ4n) is 1.25. The summed E-state index contributed by atoms with van der Waals surface area (Å²) in [5, 5.41) is 0.464. The van der Waals surface area contributed by atoms with Gasteiger partial charge in [-0.3, -0.25) is 4.79 Å². The van der Waals surface area contributed by atoms with E-state index in [0.717, 1.165) is 6.42 Å². The third-order valence-electron chi connectivity index (χ3n) is 1.92. The van der Waals surface area contributed by atoms with Gasteiger partial charge in [0.25, 0.3) is 5.91 Å². The Morgan fingerprint density at radius 1 is 1.40 bits per heavy atom. The van der Waals surface area contributed by atoms with Crippen LogP contribution < -0.4 is 0 Å². The maximum atomic E-state index is 11.8. The molecule has 0 bridgehead atoms. The molecule has 82 valence electrons. The first-order valence-corrected chi connectivity index (χ1v) is 5.38. The van der Waals surface area contributed by atoms with Crippen molar-refractivity contribution in [2.75, 3.05) is 13.6 Å². The van der Waals surface area contributed by atoms with Gasteiger partial charge in [-0.1, -0.05) is 30.1 Å². The third kappa shape index (κ3) is 3.36. The predicted octanol–water partition coefficient (Wildman–Crippen LogP) is 2.87. The lowest BCUT2D eigenvalue weighted by Gasteiger charge is -2.16. The number of rotatable bonds is 3. The predicted molar refractivity (Wildman–Crippen MR) is 61.5 cm³/mol. The molecular formula is C10H12Cl2N2O. The molecule has 1 amide bonds. The zero-order chi connectivity index (χ0) is 11.4. The molecule has 1 rings (SSSR count). The molecule has 0 spiro atoms. The summed E-state index contributed by atoms with van der Waals surface area (Å²) in [6.45, 7) is 2.71. The molecule has 0 atom stereocenters. The van der Waals surface area contributed by atoms with Crippen molar-refractivity contribution in [3.05, 3.63) is 28.0 Å². The summed E-state index contributed by atoms with van der Waals surface area (Å²) in [6.07, 6.45) is 0.911. The molecule has 15 heavy (non-hydrogen) atoms. The van der Waals surface area contributed by atoms with Crippen LogP contribution in [0.4, 0.5) is 0 Å². The van der Waals surface area contributed by atoms with Gasteiger partial charge in [0, 0.05) is 19.2 Å². The van der Waals surface area contributed by atoms with E-state index in [0.29, 0.717) is 12.1 Å². The van der Waals surface area contributed by atoms with Crippen LogP contribution in [0.2, 0.25) is 10.3 Å². The number of carbonyl (C=O) groups excluding carboxylic acids is 1. The molecule has 0 aliphatic heterocycles. The van der Waals surface area contributed by atoms with Gasteiger partial charge in [0.15, 0.2) is 0 Å². The molecule has 3 nitrogen and oxygen atoms in total. The summed E-state index contributed by atoms with van der Waals surface area (Å²) in [5.41, 5.74) is 0.468. The Morgan fingerprint density at radius 3 is 2.40 bits per heavy atom. The lowest BCUT2D eigenvalue weighted by molar-refractivity contribution is 0.0795. The highest BCUT2D eigenvalue weighted by atomic mass is 35.5. The molecule has 5 heteroatoms. The van der Waals surface area contributed by atoms with E-state index in [1.165, 1.54) is 12.1 Å². The SMILES string of the molecule is CCCN(C)C(=O)c1cc(Cl)nc(Cl)c1. The van der Waals surface area contributed by atoms with Crippen LogP contribution in [0.3, 0.4) is 0 Å². The van der Waals surface area contributed by atoms with Gasteiger partial charge in [-0.2, -0.15) is 0 Å². The Hall–Kier alpha value is -0.800. The van der Waals surface area contributed by atoms with Crippen LogP contribution in [-0.2, 0) is 0 Å². The van der Waals surface area contributed by atoms with Crippen LogP contribution >= 0.6 is 23.2 Å². The van der Waals surface area contributed by atoms with Crippen LogP contribution in [0.25, 0.3) is 0 Å². The van der Waals surface area contributed by atoms with Gasteiger partial charge in [-0.25, -0.2) is 4.98 Å². The van der Waals surface area contributed by atoms with Crippen molar-refractivity contribution in [3.63, 3.8) is 0 Å². The fraction of sp³-hybridized carbons (Fsp3) is 0.400. The standard InChI is InChI=1S/C10H12Cl2N2O/c1-3-4-14(2)10(15)7-5-8(11)13-9(12)6-7/h5-6H,3-4H2,1-2H3. The maximum absolute atomic E-state index is 11.8. The van der Waals surface area contributed by atoms with Crippen molar-refractivity contribution < 1.29 is 4.79 Å². The van der Waals surface area contributed by atoms with E-state index in [2.05, 4.69) is 4.98 Å². The topological polar surface area (TPSA) is 33.2 Å². The number of carbonyl (C=O) groups is 1. The van der Waals surface area contributed by atoms with Crippen LogP contribution in [0.5, 0.6) is 0 Å². The Bertz CT molecular complexity index is 348. The second-order valence-corrected chi connectivity index (χ2v) is 4.00. The Labute approximate surface area is 99.0 Å². The Balaban J connectivity index is 2.90. The van der Waals surface area contributed by atoms with Crippen LogP contribution in [0, 0.1) is 0 Å². The molecule has 0 saturated heterocycles. The second-order valence-electron chi connectivity index (χ2n) is 3.23. The van der Waals surface area contributed by atoms with E-state index < -0.39 is 0 Å². The smallest absolute Gasteiger partial charge is 0.253 e. The number of pyridine rings is 1. The normalized spacial score (nSPS) is 10.1. The van der Waals surface area contributed by atoms with E-state index >= 15 is 0 Å². The average Bonchev–Trinajstić information content (AvgIpc) is 2.15. The molecule has 1 aromatic heterocycles. The first kappa shape index (κ1) is 12.3. The van der Waals surface area contributed by atoms with Crippen molar-refractivity contribution in [1.82, 2.24) is 9.88 Å². The van der Waals surface area contributed by atoms with Gasteiger partial charge < -0.3 is 4.90 Å². The lowest BCUT2D eigenvalue weighted by atomic mass is 10.2. The quantitative estimate of drug-likeness (QED) is 0.769. The van der Waals surface area contributed by atoms with E-state index in [-0.39, 0.29) is 16.2 Å². The molecule has 0 N–H and O–H groups in total. The van der Waals surface area contributed by atoms with Gasteiger partial charge in [-0.15, -0.1) is 0 Å². The number of nitrogens with zero attached hydrogens (tertiary/aromatic N) is 2. The highest BCUT2D eigenvalue weighted by molar-refractivity contribution is 6.33. The molecule has 0 aliphatic rings. The minimum atomic E-state index is -0.0944. The number of amides is 1. The largest absolute Gasteiger partial charge is 0.342 e. The van der Waals surface area contributed by atoms with Crippen LogP contribution in [-0.4, -0.2) is 29.4 Å².